The van der Waals surface area contributed by atoms with Crippen molar-refractivity contribution in [3.8, 4) is 0 Å². The van der Waals surface area contributed by atoms with Crippen LogP contribution in [0.25, 0.3) is 0 Å². The molecule has 15 heavy (non-hydrogen) atoms. The molecule has 0 aromatic rings. The summed E-state index contributed by atoms with van der Waals surface area (Å²) in [7, 11) is 0. The molecule has 0 aliphatic heterocycles. The minimum atomic E-state index is -0.376. The third-order valence-electron chi connectivity index (χ3n) is 3.32. The number of carbonyl (C=O) groups excluding carboxylic acids is 1. The minimum absolute atomic E-state index is 0.151. The van der Waals surface area contributed by atoms with Crippen LogP contribution in [0.4, 0.5) is 0 Å². The molecule has 0 bridgehead atoms. The fraction of sp³-hybridized carbons (Fsp3) is 0.750. The van der Waals surface area contributed by atoms with E-state index in [4.69, 9.17) is 4.74 Å². The van der Waals surface area contributed by atoms with Gasteiger partial charge < -0.3 is 9.84 Å². The molecule has 2 atom stereocenters. The van der Waals surface area contributed by atoms with Crippen molar-refractivity contribution in [3.63, 3.8) is 0 Å². The van der Waals surface area contributed by atoms with E-state index in [1.165, 1.54) is 12.5 Å². The van der Waals surface area contributed by atoms with Gasteiger partial charge in [0.05, 0.1) is 6.10 Å². The third-order valence-corrected chi connectivity index (χ3v) is 3.32. The van der Waals surface area contributed by atoms with Crippen molar-refractivity contribution in [2.24, 2.45) is 0 Å². The molecule has 2 aliphatic carbocycles. The highest BCUT2D eigenvalue weighted by Gasteiger charge is 2.32. The second kappa shape index (κ2) is 4.35. The van der Waals surface area contributed by atoms with Crippen molar-refractivity contribution in [2.45, 2.75) is 57.7 Å². The minimum Gasteiger partial charge on any atom is -0.458 e. The van der Waals surface area contributed by atoms with Gasteiger partial charge in [-0.1, -0.05) is 5.57 Å². The number of carbonyl (C=O) groups is 1. The van der Waals surface area contributed by atoms with Crippen LogP contribution in [0, 0.1) is 0 Å². The van der Waals surface area contributed by atoms with Gasteiger partial charge in [-0.3, -0.25) is 4.79 Å². The van der Waals surface area contributed by atoms with E-state index in [1.807, 2.05) is 0 Å². The van der Waals surface area contributed by atoms with Gasteiger partial charge in [-0.2, -0.15) is 0 Å². The van der Waals surface area contributed by atoms with Crippen molar-refractivity contribution in [2.75, 3.05) is 0 Å². The van der Waals surface area contributed by atoms with Gasteiger partial charge in [0.15, 0.2) is 0 Å². The first-order valence-corrected chi connectivity index (χ1v) is 5.75. The Morgan fingerprint density at radius 3 is 2.67 bits per heavy atom. The zero-order valence-corrected chi connectivity index (χ0v) is 9.16. The lowest BCUT2D eigenvalue weighted by Crippen LogP contribution is -2.32. The van der Waals surface area contributed by atoms with Crippen LogP contribution in [0.2, 0.25) is 0 Å². The van der Waals surface area contributed by atoms with Crippen molar-refractivity contribution >= 4 is 5.97 Å². The molecule has 0 saturated carbocycles. The van der Waals surface area contributed by atoms with Gasteiger partial charge in [0, 0.05) is 6.92 Å². The number of allylic oxidation sites excluding steroid dienone is 1. The largest absolute Gasteiger partial charge is 0.458 e. The molecule has 0 aromatic carbocycles. The average Bonchev–Trinajstić information content (AvgIpc) is 2.17. The SMILES string of the molecule is CC(=O)OC1CCCC2=C1C(O)CCC2. The summed E-state index contributed by atoms with van der Waals surface area (Å²) in [5.41, 5.74) is 2.36. The second-order valence-corrected chi connectivity index (χ2v) is 4.46. The molecule has 0 heterocycles. The second-order valence-electron chi connectivity index (χ2n) is 4.46. The third kappa shape index (κ3) is 2.23. The molecule has 0 fully saturated rings. The Labute approximate surface area is 90.1 Å². The number of hydrogen-bond donors (Lipinski definition) is 1. The van der Waals surface area contributed by atoms with Crippen LogP contribution in [-0.4, -0.2) is 23.3 Å². The lowest BCUT2D eigenvalue weighted by molar-refractivity contribution is -0.145. The normalized spacial score (nSPS) is 31.1. The molecule has 2 unspecified atom stereocenters. The van der Waals surface area contributed by atoms with Crippen LogP contribution in [-0.2, 0) is 9.53 Å². The van der Waals surface area contributed by atoms with E-state index in [0.717, 1.165) is 44.1 Å². The molecule has 2 aliphatic rings. The molecule has 3 nitrogen and oxygen atoms in total. The van der Waals surface area contributed by atoms with E-state index in [9.17, 15) is 9.90 Å². The Morgan fingerprint density at radius 1 is 1.33 bits per heavy atom. The molecule has 3 heteroatoms. The van der Waals surface area contributed by atoms with Crippen LogP contribution in [0.1, 0.15) is 45.4 Å². The van der Waals surface area contributed by atoms with Crippen molar-refractivity contribution in [1.82, 2.24) is 0 Å². The molecular weight excluding hydrogens is 192 g/mol. The predicted octanol–water partition coefficient (Wildman–Crippen LogP) is 1.94. The lowest BCUT2D eigenvalue weighted by atomic mass is 9.79. The van der Waals surface area contributed by atoms with Gasteiger partial charge in [-0.15, -0.1) is 0 Å². The molecule has 2 rings (SSSR count). The maximum atomic E-state index is 11.0. The molecular formula is C12H18O3. The van der Waals surface area contributed by atoms with Crippen molar-refractivity contribution < 1.29 is 14.6 Å². The number of rotatable bonds is 1. The van der Waals surface area contributed by atoms with Gasteiger partial charge in [0.1, 0.15) is 6.10 Å². The highest BCUT2D eigenvalue weighted by Crippen LogP contribution is 2.37. The maximum absolute atomic E-state index is 11.0. The van der Waals surface area contributed by atoms with Gasteiger partial charge in [0.25, 0.3) is 0 Å². The van der Waals surface area contributed by atoms with E-state index >= 15 is 0 Å². The predicted molar refractivity (Wildman–Crippen MR) is 56.3 cm³/mol. The monoisotopic (exact) mass is 210 g/mol. The Kier molecular flexibility index (Phi) is 3.10. The van der Waals surface area contributed by atoms with Crippen LogP contribution >= 0.6 is 0 Å². The molecule has 0 saturated heterocycles. The fourth-order valence-corrected chi connectivity index (χ4v) is 2.73. The number of aliphatic hydroxyl groups excluding tert-OH is 1. The quantitative estimate of drug-likeness (QED) is 0.531. The van der Waals surface area contributed by atoms with Crippen LogP contribution < -0.4 is 0 Å². The van der Waals surface area contributed by atoms with E-state index in [0.29, 0.717) is 0 Å². The number of hydrogen-bond acceptors (Lipinski definition) is 3. The maximum Gasteiger partial charge on any atom is 0.303 e. The highest BCUT2D eigenvalue weighted by atomic mass is 16.5. The first-order valence-electron chi connectivity index (χ1n) is 5.75. The highest BCUT2D eigenvalue weighted by molar-refractivity contribution is 5.66. The Morgan fingerprint density at radius 2 is 2.00 bits per heavy atom. The van der Waals surface area contributed by atoms with Gasteiger partial charge in [0.2, 0.25) is 0 Å². The Balaban J connectivity index is 2.20. The number of aliphatic hydroxyl groups is 1. The van der Waals surface area contributed by atoms with Gasteiger partial charge in [-0.25, -0.2) is 0 Å². The topological polar surface area (TPSA) is 46.5 Å². The van der Waals surface area contributed by atoms with Crippen LogP contribution in [0.15, 0.2) is 11.1 Å². The zero-order valence-electron chi connectivity index (χ0n) is 9.16. The zero-order chi connectivity index (χ0) is 10.8. The molecule has 0 radical (unpaired) electrons. The molecule has 84 valence electrons. The number of esters is 1. The van der Waals surface area contributed by atoms with Gasteiger partial charge in [-0.05, 0) is 44.1 Å². The summed E-state index contributed by atoms with van der Waals surface area (Å²) in [6.45, 7) is 1.43. The molecule has 0 spiro atoms. The smallest absolute Gasteiger partial charge is 0.303 e. The summed E-state index contributed by atoms with van der Waals surface area (Å²) in [5.74, 6) is -0.244. The standard InChI is InChI=1S/C12H18O3/c1-8(13)15-11-7-3-5-9-4-2-6-10(14)12(9)11/h10-11,14H,2-7H2,1H3. The molecule has 1 N–H and O–H groups in total. The summed E-state index contributed by atoms with van der Waals surface area (Å²) < 4.78 is 5.27. The lowest BCUT2D eigenvalue weighted by Gasteiger charge is -2.34. The Hall–Kier alpha value is -0.830. The average molecular weight is 210 g/mol. The first kappa shape index (κ1) is 10.7. The number of ether oxygens (including phenoxy) is 1. The molecule has 0 aromatic heterocycles. The van der Waals surface area contributed by atoms with Crippen LogP contribution in [0.3, 0.4) is 0 Å². The summed E-state index contributed by atoms with van der Waals surface area (Å²) >= 11 is 0. The summed E-state index contributed by atoms with van der Waals surface area (Å²) in [6.07, 6.45) is 5.44. The van der Waals surface area contributed by atoms with E-state index in [2.05, 4.69) is 0 Å². The van der Waals surface area contributed by atoms with E-state index in [-0.39, 0.29) is 18.2 Å². The first-order chi connectivity index (χ1) is 7.18. The summed E-state index contributed by atoms with van der Waals surface area (Å²) in [5, 5.41) is 9.94. The van der Waals surface area contributed by atoms with Crippen molar-refractivity contribution in [1.29, 1.82) is 0 Å². The van der Waals surface area contributed by atoms with Gasteiger partial charge >= 0.3 is 5.97 Å². The Bertz CT molecular complexity index is 289. The summed E-state index contributed by atoms with van der Waals surface area (Å²) in [4.78, 5) is 11.0. The van der Waals surface area contributed by atoms with E-state index in [1.54, 1.807) is 0 Å². The van der Waals surface area contributed by atoms with E-state index < -0.39 is 0 Å². The van der Waals surface area contributed by atoms with Crippen molar-refractivity contribution in [3.05, 3.63) is 11.1 Å². The summed E-state index contributed by atoms with van der Waals surface area (Å²) in [6, 6.07) is 0. The fourth-order valence-electron chi connectivity index (χ4n) is 2.73. The molecule has 0 amide bonds. The van der Waals surface area contributed by atoms with Crippen LogP contribution in [0.5, 0.6) is 0 Å².